The zero-order valence-corrected chi connectivity index (χ0v) is 4.50. The number of allylic oxidation sites excluding steroid dienone is 1. The molecule has 0 amide bonds. The molecule has 0 aliphatic carbocycles. The summed E-state index contributed by atoms with van der Waals surface area (Å²) in [6.07, 6.45) is 3.46. The normalized spacial score (nSPS) is 31.7. The van der Waals surface area contributed by atoms with Crippen molar-refractivity contribution < 1.29 is 0 Å². The minimum Gasteiger partial charge on any atom is -0.169 e. The molecule has 0 fully saturated rings. The van der Waals surface area contributed by atoms with Gasteiger partial charge >= 0.3 is 0 Å². The van der Waals surface area contributed by atoms with E-state index in [1.54, 1.807) is 0 Å². The summed E-state index contributed by atoms with van der Waals surface area (Å²) in [5, 5.41) is 2.19. The van der Waals surface area contributed by atoms with Crippen molar-refractivity contribution in [2.75, 3.05) is 5.75 Å². The third kappa shape index (κ3) is 0.716. The Labute approximate surface area is 40.8 Å². The molecule has 0 N–H and O–H groups in total. The zero-order valence-electron chi connectivity index (χ0n) is 3.68. The topological polar surface area (TPSA) is 0 Å². The van der Waals surface area contributed by atoms with Gasteiger partial charge in [0.05, 0.1) is 0 Å². The van der Waals surface area contributed by atoms with Gasteiger partial charge in [0.1, 0.15) is 0 Å². The maximum Gasteiger partial charge on any atom is -0.00498 e. The summed E-state index contributed by atoms with van der Waals surface area (Å²) in [4.78, 5) is 0. The molecular formula is C5H8S. The maximum absolute atomic E-state index is 3.88. The minimum absolute atomic E-state index is 0.397. The van der Waals surface area contributed by atoms with Crippen LogP contribution in [0.15, 0.2) is 11.5 Å². The van der Waals surface area contributed by atoms with Gasteiger partial charge in [-0.05, 0) is 17.6 Å². The molecule has 0 aromatic heterocycles. The lowest BCUT2D eigenvalue weighted by atomic mass is 10.5. The second kappa shape index (κ2) is 1.61. The van der Waals surface area contributed by atoms with Crippen LogP contribution < -0.4 is 0 Å². The molecule has 1 aliphatic rings. The van der Waals surface area contributed by atoms with Gasteiger partial charge in [-0.1, -0.05) is 11.9 Å². The maximum atomic E-state index is 3.88. The van der Waals surface area contributed by atoms with E-state index in [2.05, 4.69) is 17.4 Å². The standard InChI is InChI=1S/C5H8S/c1-6-4-2-3-5-6/h2,4H,1,3,5H2. The van der Waals surface area contributed by atoms with Gasteiger partial charge in [0.15, 0.2) is 0 Å². The van der Waals surface area contributed by atoms with Crippen LogP contribution in [-0.2, 0) is 0 Å². The van der Waals surface area contributed by atoms with Crippen LogP contribution in [0.5, 0.6) is 0 Å². The molecule has 1 rings (SSSR count). The number of hydrogen-bond donors (Lipinski definition) is 0. The van der Waals surface area contributed by atoms with E-state index >= 15 is 0 Å². The largest absolute Gasteiger partial charge is 0.169 e. The smallest absolute Gasteiger partial charge is 0.00498 e. The van der Waals surface area contributed by atoms with Crippen LogP contribution in [0.25, 0.3) is 0 Å². The average molecular weight is 100 g/mol. The van der Waals surface area contributed by atoms with Crippen molar-refractivity contribution in [3.63, 3.8) is 0 Å². The SMILES string of the molecule is C=S1C=CCC1. The summed E-state index contributed by atoms with van der Waals surface area (Å²) >= 11 is 0. The Morgan fingerprint density at radius 2 is 2.50 bits per heavy atom. The predicted octanol–water partition coefficient (Wildman–Crippen LogP) is 1.60. The van der Waals surface area contributed by atoms with E-state index < -0.39 is 0 Å². The summed E-state index contributed by atoms with van der Waals surface area (Å²) in [6.45, 7) is 0. The summed E-state index contributed by atoms with van der Waals surface area (Å²) in [6, 6.07) is 0. The Balaban J connectivity index is 2.59. The van der Waals surface area contributed by atoms with Crippen LogP contribution in [0.2, 0.25) is 0 Å². The van der Waals surface area contributed by atoms with Crippen molar-refractivity contribution in [1.29, 1.82) is 0 Å². The molecule has 1 heteroatoms. The quantitative estimate of drug-likeness (QED) is 0.406. The second-order valence-corrected chi connectivity index (χ2v) is 3.16. The van der Waals surface area contributed by atoms with Gasteiger partial charge in [-0.15, -0.1) is 0 Å². The first-order valence-corrected chi connectivity index (χ1v) is 3.68. The molecule has 1 aliphatic heterocycles. The van der Waals surface area contributed by atoms with E-state index in [-0.39, 0.29) is 0 Å². The lowest BCUT2D eigenvalue weighted by Gasteiger charge is -1.82. The summed E-state index contributed by atoms with van der Waals surface area (Å²) in [5.41, 5.74) is 0. The Morgan fingerprint density at radius 1 is 1.67 bits per heavy atom. The second-order valence-electron chi connectivity index (χ2n) is 1.40. The Kier molecular flexibility index (Phi) is 1.10. The highest BCUT2D eigenvalue weighted by Crippen LogP contribution is 2.19. The fourth-order valence-corrected chi connectivity index (χ4v) is 1.47. The predicted molar refractivity (Wildman–Crippen MR) is 33.3 cm³/mol. The van der Waals surface area contributed by atoms with Gasteiger partial charge in [0.25, 0.3) is 0 Å². The van der Waals surface area contributed by atoms with E-state index in [0.29, 0.717) is 10.5 Å². The lowest BCUT2D eigenvalue weighted by molar-refractivity contribution is 1.28. The van der Waals surface area contributed by atoms with E-state index in [1.807, 2.05) is 0 Å². The van der Waals surface area contributed by atoms with E-state index in [4.69, 9.17) is 0 Å². The molecule has 1 unspecified atom stereocenters. The van der Waals surface area contributed by atoms with E-state index in [1.165, 1.54) is 12.2 Å². The molecule has 0 nitrogen and oxygen atoms in total. The van der Waals surface area contributed by atoms with Crippen molar-refractivity contribution in [3.05, 3.63) is 11.5 Å². The Hall–Kier alpha value is -0.0400. The van der Waals surface area contributed by atoms with Gasteiger partial charge in [-0.2, -0.15) is 10.5 Å². The Morgan fingerprint density at radius 3 is 2.67 bits per heavy atom. The van der Waals surface area contributed by atoms with Crippen LogP contribution in [0.1, 0.15) is 6.42 Å². The molecule has 6 heavy (non-hydrogen) atoms. The van der Waals surface area contributed by atoms with Gasteiger partial charge < -0.3 is 0 Å². The molecule has 0 saturated heterocycles. The molecule has 0 saturated carbocycles. The zero-order chi connectivity index (χ0) is 4.41. The molecule has 0 bridgehead atoms. The molecule has 0 aromatic carbocycles. The van der Waals surface area contributed by atoms with E-state index in [0.717, 1.165) is 0 Å². The van der Waals surface area contributed by atoms with Crippen molar-refractivity contribution in [1.82, 2.24) is 0 Å². The van der Waals surface area contributed by atoms with Crippen LogP contribution in [0.4, 0.5) is 0 Å². The van der Waals surface area contributed by atoms with E-state index in [9.17, 15) is 0 Å². The molecule has 1 heterocycles. The van der Waals surface area contributed by atoms with Crippen LogP contribution in [0.3, 0.4) is 0 Å². The highest BCUT2D eigenvalue weighted by molar-refractivity contribution is 8.16. The van der Waals surface area contributed by atoms with Gasteiger partial charge in [-0.25, -0.2) is 0 Å². The summed E-state index contributed by atoms with van der Waals surface area (Å²) in [5.74, 6) is 5.17. The molecular weight excluding hydrogens is 92.1 g/mol. The fourth-order valence-electron chi connectivity index (χ4n) is 0.492. The van der Waals surface area contributed by atoms with Crippen molar-refractivity contribution in [2.45, 2.75) is 6.42 Å². The summed E-state index contributed by atoms with van der Waals surface area (Å²) in [7, 11) is 0.397. The Bertz CT molecular complexity index is 92.1. The molecule has 34 valence electrons. The molecule has 0 radical (unpaired) electrons. The van der Waals surface area contributed by atoms with Crippen molar-refractivity contribution in [2.24, 2.45) is 0 Å². The molecule has 0 spiro atoms. The van der Waals surface area contributed by atoms with Crippen LogP contribution in [-0.4, -0.2) is 11.6 Å². The minimum atomic E-state index is 0.397. The van der Waals surface area contributed by atoms with Gasteiger partial charge in [0, 0.05) is 0 Å². The van der Waals surface area contributed by atoms with Gasteiger partial charge in [0.2, 0.25) is 0 Å². The molecule has 0 aromatic rings. The first-order chi connectivity index (χ1) is 2.89. The number of hydrogen-bond acceptors (Lipinski definition) is 0. The lowest BCUT2D eigenvalue weighted by Crippen LogP contribution is -1.61. The third-order valence-corrected chi connectivity index (χ3v) is 2.17. The van der Waals surface area contributed by atoms with Crippen molar-refractivity contribution >= 4 is 16.4 Å². The van der Waals surface area contributed by atoms with Crippen LogP contribution in [0, 0.1) is 0 Å². The first-order valence-electron chi connectivity index (χ1n) is 2.05. The summed E-state index contributed by atoms with van der Waals surface area (Å²) < 4.78 is 0. The fraction of sp³-hybridized carbons (Fsp3) is 0.400. The molecule has 1 atom stereocenters. The van der Waals surface area contributed by atoms with Gasteiger partial charge in [-0.3, -0.25) is 0 Å². The highest BCUT2D eigenvalue weighted by Gasteiger charge is 1.89. The average Bonchev–Trinajstić information content (AvgIpc) is 1.86. The first kappa shape index (κ1) is 4.13. The highest BCUT2D eigenvalue weighted by atomic mass is 32.2. The van der Waals surface area contributed by atoms with Crippen LogP contribution >= 0.6 is 10.5 Å². The number of rotatable bonds is 0. The third-order valence-electron chi connectivity index (χ3n) is 0.835. The van der Waals surface area contributed by atoms with Crippen molar-refractivity contribution in [3.8, 4) is 0 Å². The monoisotopic (exact) mass is 100 g/mol.